The normalized spacial score (nSPS) is 12.8. The number of carbonyl (C=O) groups excluding carboxylic acids is 2. The SMILES string of the molecule is CCOC(=O)C(C)(C(=O)N(CCc1ccc(C(F)(F)F)cc1)c1ccc(OC)c(OC)c1)c1ccccc1. The van der Waals surface area contributed by atoms with Gasteiger partial charge in [-0.05, 0) is 55.7 Å². The number of anilines is 1. The number of amides is 1. The molecule has 0 spiro atoms. The highest BCUT2D eigenvalue weighted by Gasteiger charge is 2.47. The van der Waals surface area contributed by atoms with Gasteiger partial charge in [0, 0.05) is 18.3 Å². The Morgan fingerprint density at radius 2 is 1.47 bits per heavy atom. The lowest BCUT2D eigenvalue weighted by Gasteiger charge is -2.33. The highest BCUT2D eigenvalue weighted by molar-refractivity contribution is 6.14. The van der Waals surface area contributed by atoms with Gasteiger partial charge in [0.2, 0.25) is 5.91 Å². The number of halogens is 3. The van der Waals surface area contributed by atoms with Gasteiger partial charge in [0.1, 0.15) is 0 Å². The van der Waals surface area contributed by atoms with E-state index >= 15 is 0 Å². The minimum absolute atomic E-state index is 0.0709. The van der Waals surface area contributed by atoms with Gasteiger partial charge in [-0.15, -0.1) is 0 Å². The maximum Gasteiger partial charge on any atom is 0.416 e. The van der Waals surface area contributed by atoms with Crippen LogP contribution >= 0.6 is 0 Å². The average molecular weight is 530 g/mol. The zero-order valence-electron chi connectivity index (χ0n) is 21.7. The number of hydrogen-bond acceptors (Lipinski definition) is 5. The van der Waals surface area contributed by atoms with Gasteiger partial charge in [-0.1, -0.05) is 42.5 Å². The number of carbonyl (C=O) groups is 2. The Kier molecular flexibility index (Phi) is 9.04. The molecule has 1 unspecified atom stereocenters. The quantitative estimate of drug-likeness (QED) is 0.245. The van der Waals surface area contributed by atoms with Crippen molar-refractivity contribution in [2.24, 2.45) is 0 Å². The van der Waals surface area contributed by atoms with E-state index in [2.05, 4.69) is 0 Å². The van der Waals surface area contributed by atoms with Crippen molar-refractivity contribution in [3.63, 3.8) is 0 Å². The number of esters is 1. The molecule has 6 nitrogen and oxygen atoms in total. The van der Waals surface area contributed by atoms with Crippen molar-refractivity contribution in [1.29, 1.82) is 0 Å². The minimum atomic E-state index is -4.45. The van der Waals surface area contributed by atoms with E-state index < -0.39 is 29.0 Å². The fourth-order valence-electron chi connectivity index (χ4n) is 4.09. The molecule has 9 heteroatoms. The molecule has 0 saturated heterocycles. The van der Waals surface area contributed by atoms with Gasteiger partial charge in [-0.3, -0.25) is 9.59 Å². The van der Waals surface area contributed by atoms with E-state index in [1.54, 1.807) is 55.5 Å². The third kappa shape index (κ3) is 6.10. The molecule has 0 aliphatic heterocycles. The van der Waals surface area contributed by atoms with Crippen molar-refractivity contribution in [1.82, 2.24) is 0 Å². The van der Waals surface area contributed by atoms with E-state index in [1.807, 2.05) is 0 Å². The largest absolute Gasteiger partial charge is 0.493 e. The third-order valence-electron chi connectivity index (χ3n) is 6.29. The molecule has 202 valence electrons. The van der Waals surface area contributed by atoms with E-state index in [0.717, 1.165) is 12.1 Å². The van der Waals surface area contributed by atoms with Gasteiger partial charge in [0.15, 0.2) is 16.9 Å². The Bertz CT molecular complexity index is 1250. The van der Waals surface area contributed by atoms with Gasteiger partial charge >= 0.3 is 12.1 Å². The highest BCUT2D eigenvalue weighted by Crippen LogP contribution is 2.35. The second-order valence-corrected chi connectivity index (χ2v) is 8.65. The summed E-state index contributed by atoms with van der Waals surface area (Å²) in [5.74, 6) is -0.449. The summed E-state index contributed by atoms with van der Waals surface area (Å²) in [6.45, 7) is 3.32. The van der Waals surface area contributed by atoms with E-state index in [0.29, 0.717) is 28.3 Å². The lowest BCUT2D eigenvalue weighted by Crippen LogP contribution is -2.51. The fourth-order valence-corrected chi connectivity index (χ4v) is 4.09. The number of hydrogen-bond donors (Lipinski definition) is 0. The van der Waals surface area contributed by atoms with Crippen molar-refractivity contribution < 1.29 is 37.0 Å². The lowest BCUT2D eigenvalue weighted by atomic mass is 9.80. The van der Waals surface area contributed by atoms with Crippen LogP contribution in [-0.4, -0.2) is 39.2 Å². The molecule has 0 heterocycles. The van der Waals surface area contributed by atoms with E-state index in [9.17, 15) is 22.8 Å². The summed E-state index contributed by atoms with van der Waals surface area (Å²) < 4.78 is 55.1. The first-order chi connectivity index (χ1) is 18.1. The van der Waals surface area contributed by atoms with Crippen molar-refractivity contribution in [2.45, 2.75) is 31.9 Å². The minimum Gasteiger partial charge on any atom is -0.493 e. The van der Waals surface area contributed by atoms with Crippen molar-refractivity contribution in [2.75, 3.05) is 32.3 Å². The van der Waals surface area contributed by atoms with E-state index in [4.69, 9.17) is 14.2 Å². The number of benzene rings is 3. The molecule has 3 aromatic carbocycles. The van der Waals surface area contributed by atoms with Gasteiger partial charge in [-0.2, -0.15) is 13.2 Å². The molecule has 0 saturated carbocycles. The van der Waals surface area contributed by atoms with Gasteiger partial charge < -0.3 is 19.1 Å². The van der Waals surface area contributed by atoms with Gasteiger partial charge in [0.05, 0.1) is 26.4 Å². The number of alkyl halides is 3. The molecular formula is C29H30F3NO5. The molecular weight excluding hydrogens is 499 g/mol. The molecule has 3 aromatic rings. The molecule has 3 rings (SSSR count). The first-order valence-corrected chi connectivity index (χ1v) is 12.0. The van der Waals surface area contributed by atoms with Crippen LogP contribution < -0.4 is 14.4 Å². The molecule has 0 aromatic heterocycles. The van der Waals surface area contributed by atoms with Crippen molar-refractivity contribution in [3.8, 4) is 11.5 Å². The first kappa shape index (κ1) is 28.6. The van der Waals surface area contributed by atoms with Gasteiger partial charge in [0.25, 0.3) is 0 Å². The van der Waals surface area contributed by atoms with E-state index in [1.165, 1.54) is 38.2 Å². The Morgan fingerprint density at radius 3 is 2.03 bits per heavy atom. The van der Waals surface area contributed by atoms with Crippen LogP contribution in [0.1, 0.15) is 30.5 Å². The maximum absolute atomic E-state index is 14.2. The Morgan fingerprint density at radius 1 is 0.842 bits per heavy atom. The molecule has 0 aliphatic carbocycles. The molecule has 1 atom stereocenters. The standard InChI is InChI=1S/C29H30F3NO5/c1-5-38-27(35)28(2,21-9-7-6-8-10-21)26(34)33(23-15-16-24(36-3)25(19-23)37-4)18-17-20-11-13-22(14-12-20)29(30,31)32/h6-16,19H,5,17-18H2,1-4H3. The summed E-state index contributed by atoms with van der Waals surface area (Å²) in [5, 5.41) is 0. The molecule has 0 N–H and O–H groups in total. The zero-order chi connectivity index (χ0) is 27.9. The van der Waals surface area contributed by atoms with Crippen LogP contribution in [-0.2, 0) is 32.3 Å². The summed E-state index contributed by atoms with van der Waals surface area (Å²) >= 11 is 0. The van der Waals surface area contributed by atoms with Crippen LogP contribution in [0.5, 0.6) is 11.5 Å². The molecule has 0 bridgehead atoms. The predicted octanol–water partition coefficient (Wildman–Crippen LogP) is 5.82. The van der Waals surface area contributed by atoms with Crippen LogP contribution in [0.4, 0.5) is 18.9 Å². The second-order valence-electron chi connectivity index (χ2n) is 8.65. The zero-order valence-corrected chi connectivity index (χ0v) is 21.7. The topological polar surface area (TPSA) is 65.1 Å². The summed E-state index contributed by atoms with van der Waals surface area (Å²) in [5.41, 5.74) is -0.985. The summed E-state index contributed by atoms with van der Waals surface area (Å²) in [6, 6.07) is 18.2. The summed E-state index contributed by atoms with van der Waals surface area (Å²) in [6.07, 6.45) is -4.22. The summed E-state index contributed by atoms with van der Waals surface area (Å²) in [7, 11) is 2.95. The van der Waals surface area contributed by atoms with Crippen LogP contribution in [0.2, 0.25) is 0 Å². The first-order valence-electron chi connectivity index (χ1n) is 12.0. The maximum atomic E-state index is 14.2. The Hall–Kier alpha value is -4.01. The number of methoxy groups -OCH3 is 2. The average Bonchev–Trinajstić information content (AvgIpc) is 2.92. The van der Waals surface area contributed by atoms with Crippen LogP contribution in [0.15, 0.2) is 72.8 Å². The molecule has 38 heavy (non-hydrogen) atoms. The lowest BCUT2D eigenvalue weighted by molar-refractivity contribution is -0.153. The Labute approximate surface area is 219 Å². The van der Waals surface area contributed by atoms with Crippen molar-refractivity contribution >= 4 is 17.6 Å². The fraction of sp³-hybridized carbons (Fsp3) is 0.310. The molecule has 0 radical (unpaired) electrons. The van der Waals surface area contributed by atoms with Crippen LogP contribution in [0.25, 0.3) is 0 Å². The highest BCUT2D eigenvalue weighted by atomic mass is 19.4. The predicted molar refractivity (Wildman–Crippen MR) is 137 cm³/mol. The monoisotopic (exact) mass is 529 g/mol. The molecule has 1 amide bonds. The number of ether oxygens (including phenoxy) is 3. The Balaban J connectivity index is 2.06. The molecule has 0 fully saturated rings. The van der Waals surface area contributed by atoms with Crippen LogP contribution in [0.3, 0.4) is 0 Å². The van der Waals surface area contributed by atoms with E-state index in [-0.39, 0.29) is 19.6 Å². The smallest absolute Gasteiger partial charge is 0.416 e. The third-order valence-corrected chi connectivity index (χ3v) is 6.29. The number of rotatable bonds is 10. The van der Waals surface area contributed by atoms with Gasteiger partial charge in [-0.25, -0.2) is 0 Å². The van der Waals surface area contributed by atoms with Crippen LogP contribution in [0, 0.1) is 0 Å². The second kappa shape index (κ2) is 12.0. The number of nitrogens with zero attached hydrogens (tertiary/aromatic N) is 1. The van der Waals surface area contributed by atoms with Crippen molar-refractivity contribution in [3.05, 3.63) is 89.5 Å². The summed E-state index contributed by atoms with van der Waals surface area (Å²) in [4.78, 5) is 28.9. The molecule has 0 aliphatic rings.